The van der Waals surface area contributed by atoms with Gasteiger partial charge in [-0.1, -0.05) is 6.07 Å². The molecular weight excluding hydrogens is 238 g/mol. The summed E-state index contributed by atoms with van der Waals surface area (Å²) >= 11 is 0. The van der Waals surface area contributed by atoms with Gasteiger partial charge in [-0.2, -0.15) is 0 Å². The van der Waals surface area contributed by atoms with Crippen LogP contribution in [-0.2, 0) is 22.1 Å². The Morgan fingerprint density at radius 3 is 2.82 bits per heavy atom. The minimum atomic E-state index is -0.914. The fraction of sp³-hybridized carbons (Fsp3) is 0.417. The summed E-state index contributed by atoms with van der Waals surface area (Å²) in [5.41, 5.74) is 1.76. The van der Waals surface area contributed by atoms with Gasteiger partial charge in [-0.05, 0) is 36.1 Å². The Bertz CT molecular complexity index is 510. The van der Waals surface area contributed by atoms with Gasteiger partial charge >= 0.3 is 5.97 Å². The van der Waals surface area contributed by atoms with Gasteiger partial charge in [0.15, 0.2) is 0 Å². The van der Waals surface area contributed by atoms with E-state index < -0.39 is 22.8 Å². The molecule has 1 aromatic carbocycles. The first-order valence-electron chi connectivity index (χ1n) is 5.66. The molecule has 1 saturated carbocycles. The molecule has 0 amide bonds. The smallest absolute Gasteiger partial charge is 0.325 e. The molecule has 1 aliphatic carbocycles. The van der Waals surface area contributed by atoms with E-state index in [1.165, 1.54) is 0 Å². The third-order valence-electron chi connectivity index (χ3n) is 3.23. The topological polar surface area (TPSA) is 66.4 Å². The van der Waals surface area contributed by atoms with Crippen molar-refractivity contribution in [2.45, 2.75) is 35.6 Å². The van der Waals surface area contributed by atoms with Crippen LogP contribution in [0.25, 0.3) is 0 Å². The molecular formula is C12H13NO3S. The molecule has 0 radical (unpaired) electrons. The molecule has 1 fully saturated rings. The van der Waals surface area contributed by atoms with Gasteiger partial charge in [0.1, 0.15) is 6.04 Å². The Kier molecular flexibility index (Phi) is 2.52. The highest BCUT2D eigenvalue weighted by molar-refractivity contribution is 7.86. The van der Waals surface area contributed by atoms with Gasteiger partial charge in [0.2, 0.25) is 0 Å². The molecule has 2 N–H and O–H groups in total. The molecule has 90 valence electrons. The molecule has 0 aromatic heterocycles. The maximum atomic E-state index is 12.0. The van der Waals surface area contributed by atoms with Crippen LogP contribution in [0.5, 0.6) is 0 Å². The molecule has 2 aliphatic rings. The Hall–Kier alpha value is -1.20. The minimum Gasteiger partial charge on any atom is -0.480 e. The van der Waals surface area contributed by atoms with E-state index in [0.717, 1.165) is 28.9 Å². The van der Waals surface area contributed by atoms with Crippen molar-refractivity contribution in [3.05, 3.63) is 29.3 Å². The van der Waals surface area contributed by atoms with Crippen LogP contribution < -0.4 is 5.32 Å². The van der Waals surface area contributed by atoms with Crippen LogP contribution in [-0.4, -0.2) is 20.5 Å². The van der Waals surface area contributed by atoms with Crippen LogP contribution in [0.1, 0.15) is 30.0 Å². The van der Waals surface area contributed by atoms with Gasteiger partial charge in [0.05, 0.1) is 10.8 Å². The second kappa shape index (κ2) is 3.92. The number of aliphatic carboxylic acids is 1. The highest BCUT2D eigenvalue weighted by Crippen LogP contribution is 2.33. The summed E-state index contributed by atoms with van der Waals surface area (Å²) in [5, 5.41) is 12.3. The molecule has 0 spiro atoms. The normalized spacial score (nSPS) is 24.4. The number of fused-ring (bicyclic) bond motifs is 1. The number of rotatable bonds is 3. The second-order valence-electron chi connectivity index (χ2n) is 4.51. The maximum Gasteiger partial charge on any atom is 0.325 e. The Morgan fingerprint density at radius 2 is 2.18 bits per heavy atom. The number of carboxylic acids is 1. The predicted molar refractivity (Wildman–Crippen MR) is 63.1 cm³/mol. The summed E-state index contributed by atoms with van der Waals surface area (Å²) in [6.07, 6.45) is 2.08. The van der Waals surface area contributed by atoms with E-state index in [9.17, 15) is 9.00 Å². The quantitative estimate of drug-likeness (QED) is 0.846. The average molecular weight is 251 g/mol. The summed E-state index contributed by atoms with van der Waals surface area (Å²) in [7, 11) is -0.914. The molecule has 3 rings (SSSR count). The third-order valence-corrected chi connectivity index (χ3v) is 5.02. The largest absolute Gasteiger partial charge is 0.480 e. The van der Waals surface area contributed by atoms with Gasteiger partial charge in [0.25, 0.3) is 0 Å². The minimum absolute atomic E-state index is 0.317. The number of carbonyl (C=O) groups is 1. The molecule has 1 aromatic rings. The Labute approximate surface area is 101 Å². The van der Waals surface area contributed by atoms with Gasteiger partial charge in [-0.25, -0.2) is 0 Å². The lowest BCUT2D eigenvalue weighted by atomic mass is 10.1. The molecule has 0 saturated heterocycles. The van der Waals surface area contributed by atoms with Gasteiger partial charge < -0.3 is 5.11 Å². The molecule has 5 heteroatoms. The van der Waals surface area contributed by atoms with Gasteiger partial charge in [-0.15, -0.1) is 0 Å². The number of hydrogen-bond donors (Lipinski definition) is 2. The van der Waals surface area contributed by atoms with Gasteiger partial charge in [-0.3, -0.25) is 14.3 Å². The predicted octanol–water partition coefficient (Wildman–Crippen LogP) is 1.19. The fourth-order valence-corrected chi connectivity index (χ4v) is 3.57. The first-order chi connectivity index (χ1) is 8.16. The molecule has 4 nitrogen and oxygen atoms in total. The zero-order valence-corrected chi connectivity index (χ0v) is 10.00. The Balaban J connectivity index is 1.93. The van der Waals surface area contributed by atoms with Crippen LogP contribution in [0, 0.1) is 0 Å². The number of carboxylic acid groups (broad SMARTS) is 1. The lowest BCUT2D eigenvalue weighted by Gasteiger charge is -2.07. The van der Waals surface area contributed by atoms with Crippen molar-refractivity contribution < 1.29 is 14.1 Å². The second-order valence-corrected chi connectivity index (χ2v) is 6.24. The van der Waals surface area contributed by atoms with Crippen LogP contribution in [0.4, 0.5) is 0 Å². The molecule has 2 atom stereocenters. The van der Waals surface area contributed by atoms with Crippen molar-refractivity contribution in [3.63, 3.8) is 0 Å². The number of hydrogen-bond acceptors (Lipinski definition) is 3. The lowest BCUT2D eigenvalue weighted by molar-refractivity contribution is -0.139. The van der Waals surface area contributed by atoms with Gasteiger partial charge in [0, 0.05) is 16.7 Å². The fourth-order valence-electron chi connectivity index (χ4n) is 2.16. The number of benzene rings is 1. The third kappa shape index (κ3) is 1.89. The van der Waals surface area contributed by atoms with Crippen molar-refractivity contribution in [2.75, 3.05) is 0 Å². The molecule has 1 heterocycles. The van der Waals surface area contributed by atoms with Crippen LogP contribution >= 0.6 is 0 Å². The highest BCUT2D eigenvalue weighted by atomic mass is 32.2. The molecule has 17 heavy (non-hydrogen) atoms. The van der Waals surface area contributed by atoms with E-state index in [1.807, 2.05) is 6.07 Å². The lowest BCUT2D eigenvalue weighted by Crippen LogP contribution is -2.21. The van der Waals surface area contributed by atoms with Crippen molar-refractivity contribution in [1.29, 1.82) is 0 Å². The van der Waals surface area contributed by atoms with Crippen molar-refractivity contribution >= 4 is 16.8 Å². The van der Waals surface area contributed by atoms with E-state index in [-0.39, 0.29) is 0 Å². The van der Waals surface area contributed by atoms with Crippen LogP contribution in [0.3, 0.4) is 0 Å². The van der Waals surface area contributed by atoms with Crippen LogP contribution in [0.2, 0.25) is 0 Å². The zero-order valence-electron chi connectivity index (χ0n) is 9.18. The first-order valence-corrected chi connectivity index (χ1v) is 6.87. The van der Waals surface area contributed by atoms with E-state index in [0.29, 0.717) is 11.8 Å². The summed E-state index contributed by atoms with van der Waals surface area (Å²) in [6.45, 7) is 0.544. The number of nitrogens with one attached hydrogen (secondary N) is 1. The van der Waals surface area contributed by atoms with E-state index >= 15 is 0 Å². The van der Waals surface area contributed by atoms with Crippen molar-refractivity contribution in [3.8, 4) is 0 Å². The van der Waals surface area contributed by atoms with E-state index in [1.54, 1.807) is 12.1 Å². The molecule has 2 unspecified atom stereocenters. The van der Waals surface area contributed by atoms with E-state index in [2.05, 4.69) is 5.32 Å². The molecule has 0 bridgehead atoms. The summed E-state index contributed by atoms with van der Waals surface area (Å²) in [4.78, 5) is 11.8. The molecule has 1 aliphatic heterocycles. The standard InChI is InChI=1S/C12H13NO3S/c14-12(15)11-10-4-3-9(5-7(10)6-13-11)17(16)8-1-2-8/h3-5,8,11,13H,1-2,6H2,(H,14,15). The maximum absolute atomic E-state index is 12.0. The first kappa shape index (κ1) is 10.9. The van der Waals surface area contributed by atoms with Crippen molar-refractivity contribution in [1.82, 2.24) is 5.32 Å². The van der Waals surface area contributed by atoms with E-state index in [4.69, 9.17) is 5.11 Å². The highest BCUT2D eigenvalue weighted by Gasteiger charge is 2.32. The van der Waals surface area contributed by atoms with Crippen LogP contribution in [0.15, 0.2) is 23.1 Å². The summed E-state index contributed by atoms with van der Waals surface area (Å²) in [6, 6.07) is 4.87. The Morgan fingerprint density at radius 1 is 1.41 bits per heavy atom. The SMILES string of the molecule is O=C(O)C1NCc2cc(S(=O)C3CC3)ccc21. The summed E-state index contributed by atoms with van der Waals surface area (Å²) < 4.78 is 12.0. The average Bonchev–Trinajstić information content (AvgIpc) is 3.06. The van der Waals surface area contributed by atoms with Crippen molar-refractivity contribution in [2.24, 2.45) is 0 Å². The monoisotopic (exact) mass is 251 g/mol. The summed E-state index contributed by atoms with van der Waals surface area (Å²) in [5.74, 6) is -0.861. The zero-order chi connectivity index (χ0) is 12.0.